The number of nitrogens with zero attached hydrogens (tertiary/aromatic N) is 1. The highest BCUT2D eigenvalue weighted by Crippen LogP contribution is 2.31. The largest absolute Gasteiger partial charge is 0.478 e. The van der Waals surface area contributed by atoms with Crippen molar-refractivity contribution in [2.75, 3.05) is 6.54 Å². The minimum atomic E-state index is -3.53. The number of benzene rings is 1. The number of carboxylic acids is 1. The number of sulfonamides is 1. The molecule has 21 heavy (non-hydrogen) atoms. The summed E-state index contributed by atoms with van der Waals surface area (Å²) in [4.78, 5) is 10.7. The Labute approximate surface area is 124 Å². The van der Waals surface area contributed by atoms with Crippen molar-refractivity contribution in [3.05, 3.63) is 48.6 Å². The average Bonchev–Trinajstić information content (AvgIpc) is 3.27. The maximum atomic E-state index is 12.5. The molecule has 1 saturated carbocycles. The number of hydrogen-bond donors (Lipinski definition) is 1. The van der Waals surface area contributed by atoms with Gasteiger partial charge in [0.25, 0.3) is 0 Å². The van der Waals surface area contributed by atoms with E-state index in [0.29, 0.717) is 12.1 Å². The first kappa shape index (κ1) is 15.5. The lowest BCUT2D eigenvalue weighted by Gasteiger charge is -2.20. The highest BCUT2D eigenvalue weighted by molar-refractivity contribution is 7.89. The van der Waals surface area contributed by atoms with E-state index in [1.54, 1.807) is 18.2 Å². The molecule has 2 rings (SSSR count). The van der Waals surface area contributed by atoms with Crippen LogP contribution in [0.1, 0.15) is 18.4 Å². The normalized spacial score (nSPS) is 15.5. The minimum Gasteiger partial charge on any atom is -0.478 e. The molecule has 0 aliphatic heterocycles. The third kappa shape index (κ3) is 3.80. The monoisotopic (exact) mass is 307 g/mol. The fourth-order valence-corrected chi connectivity index (χ4v) is 3.64. The van der Waals surface area contributed by atoms with Gasteiger partial charge in [-0.1, -0.05) is 18.2 Å². The minimum absolute atomic E-state index is 0.0691. The Morgan fingerprint density at radius 1 is 1.33 bits per heavy atom. The maximum absolute atomic E-state index is 12.5. The molecule has 0 unspecified atom stereocenters. The van der Waals surface area contributed by atoms with Crippen LogP contribution in [0.5, 0.6) is 0 Å². The fraction of sp³-hybridized carbons (Fsp3) is 0.267. The highest BCUT2D eigenvalue weighted by Gasteiger charge is 2.37. The molecule has 0 saturated heterocycles. The maximum Gasteiger partial charge on any atom is 0.328 e. The summed E-state index contributed by atoms with van der Waals surface area (Å²) in [5.41, 5.74) is 0.637. The van der Waals surface area contributed by atoms with Crippen LogP contribution in [0.3, 0.4) is 0 Å². The van der Waals surface area contributed by atoms with Gasteiger partial charge in [0.05, 0.1) is 4.90 Å². The molecular formula is C15H17NO4S. The molecule has 1 aromatic rings. The van der Waals surface area contributed by atoms with Crippen LogP contribution in [0.25, 0.3) is 6.08 Å². The zero-order valence-electron chi connectivity index (χ0n) is 11.5. The van der Waals surface area contributed by atoms with Crippen molar-refractivity contribution in [3.8, 4) is 0 Å². The molecule has 1 N–H and O–H groups in total. The fourth-order valence-electron chi connectivity index (χ4n) is 1.99. The molecule has 5 nitrogen and oxygen atoms in total. The summed E-state index contributed by atoms with van der Waals surface area (Å²) in [6.07, 6.45) is 5.78. The van der Waals surface area contributed by atoms with E-state index in [2.05, 4.69) is 6.58 Å². The number of hydrogen-bond acceptors (Lipinski definition) is 3. The Morgan fingerprint density at radius 2 is 1.95 bits per heavy atom. The van der Waals surface area contributed by atoms with Crippen LogP contribution in [0.15, 0.2) is 47.9 Å². The molecule has 0 bridgehead atoms. The second-order valence-corrected chi connectivity index (χ2v) is 6.73. The van der Waals surface area contributed by atoms with E-state index >= 15 is 0 Å². The Balaban J connectivity index is 2.23. The van der Waals surface area contributed by atoms with E-state index in [1.807, 2.05) is 0 Å². The molecule has 112 valence electrons. The van der Waals surface area contributed by atoms with Gasteiger partial charge in [-0.05, 0) is 36.6 Å². The summed E-state index contributed by atoms with van der Waals surface area (Å²) in [7, 11) is -3.53. The van der Waals surface area contributed by atoms with Crippen molar-refractivity contribution < 1.29 is 18.3 Å². The molecule has 6 heteroatoms. The topological polar surface area (TPSA) is 74.7 Å². The van der Waals surface area contributed by atoms with Crippen LogP contribution >= 0.6 is 0 Å². The molecule has 1 aliphatic rings. The molecule has 0 radical (unpaired) electrons. The zero-order chi connectivity index (χ0) is 15.5. The van der Waals surface area contributed by atoms with Gasteiger partial charge in [-0.15, -0.1) is 6.58 Å². The van der Waals surface area contributed by atoms with Crippen molar-refractivity contribution in [3.63, 3.8) is 0 Å². The zero-order valence-corrected chi connectivity index (χ0v) is 12.3. The lowest BCUT2D eigenvalue weighted by molar-refractivity contribution is -0.131. The summed E-state index contributed by atoms with van der Waals surface area (Å²) in [6, 6.07) is 6.24. The summed E-state index contributed by atoms with van der Waals surface area (Å²) >= 11 is 0. The van der Waals surface area contributed by atoms with Gasteiger partial charge in [-0.2, -0.15) is 4.31 Å². The van der Waals surface area contributed by atoms with Crippen LogP contribution < -0.4 is 0 Å². The summed E-state index contributed by atoms with van der Waals surface area (Å²) in [6.45, 7) is 3.90. The van der Waals surface area contributed by atoms with Gasteiger partial charge >= 0.3 is 5.97 Å². The van der Waals surface area contributed by atoms with Gasteiger partial charge in [0.15, 0.2) is 0 Å². The van der Waals surface area contributed by atoms with E-state index in [1.165, 1.54) is 22.5 Å². The van der Waals surface area contributed by atoms with Crippen molar-refractivity contribution >= 4 is 22.1 Å². The third-order valence-corrected chi connectivity index (χ3v) is 5.10. The third-order valence-electron chi connectivity index (χ3n) is 3.17. The van der Waals surface area contributed by atoms with Crippen molar-refractivity contribution in [2.45, 2.75) is 23.8 Å². The van der Waals surface area contributed by atoms with Gasteiger partial charge in [0, 0.05) is 18.7 Å². The van der Waals surface area contributed by atoms with Crippen LogP contribution in [0.4, 0.5) is 0 Å². The van der Waals surface area contributed by atoms with Gasteiger partial charge in [0.2, 0.25) is 10.0 Å². The second kappa shape index (κ2) is 6.24. The number of rotatable bonds is 7. The van der Waals surface area contributed by atoms with Crippen LogP contribution in [-0.2, 0) is 14.8 Å². The van der Waals surface area contributed by atoms with Crippen molar-refractivity contribution in [1.29, 1.82) is 0 Å². The quantitative estimate of drug-likeness (QED) is 0.618. The second-order valence-electron chi connectivity index (χ2n) is 4.84. The summed E-state index contributed by atoms with van der Waals surface area (Å²) in [5, 5.41) is 8.56. The first-order chi connectivity index (χ1) is 9.95. The van der Waals surface area contributed by atoms with Crippen LogP contribution in [-0.4, -0.2) is 36.4 Å². The molecule has 1 fully saturated rings. The lowest BCUT2D eigenvalue weighted by atomic mass is 10.2. The highest BCUT2D eigenvalue weighted by atomic mass is 32.2. The van der Waals surface area contributed by atoms with E-state index in [4.69, 9.17) is 5.11 Å². The van der Waals surface area contributed by atoms with E-state index in [0.717, 1.165) is 18.9 Å². The Hall–Kier alpha value is -1.92. The molecule has 0 atom stereocenters. The van der Waals surface area contributed by atoms with Crippen LogP contribution in [0, 0.1) is 0 Å². The smallest absolute Gasteiger partial charge is 0.328 e. The molecule has 0 spiro atoms. The SMILES string of the molecule is C=CCN(C1CC1)S(=O)(=O)c1ccc(/C=C/C(=O)O)cc1. The van der Waals surface area contributed by atoms with Crippen molar-refractivity contribution in [2.24, 2.45) is 0 Å². The van der Waals surface area contributed by atoms with Gasteiger partial charge in [-0.3, -0.25) is 0 Å². The molecule has 0 aromatic heterocycles. The summed E-state index contributed by atoms with van der Waals surface area (Å²) in [5.74, 6) is -1.04. The van der Waals surface area contributed by atoms with Gasteiger partial charge in [-0.25, -0.2) is 13.2 Å². The number of aliphatic carboxylic acids is 1. The Kier molecular flexibility index (Phi) is 4.59. The van der Waals surface area contributed by atoms with Crippen molar-refractivity contribution in [1.82, 2.24) is 4.31 Å². The molecular weight excluding hydrogens is 290 g/mol. The lowest BCUT2D eigenvalue weighted by Crippen LogP contribution is -2.33. The first-order valence-electron chi connectivity index (χ1n) is 6.59. The Bertz CT molecular complexity index is 657. The summed E-state index contributed by atoms with van der Waals surface area (Å²) < 4.78 is 26.6. The first-order valence-corrected chi connectivity index (χ1v) is 8.03. The predicted molar refractivity (Wildman–Crippen MR) is 80.2 cm³/mol. The molecule has 0 amide bonds. The van der Waals surface area contributed by atoms with E-state index in [-0.39, 0.29) is 10.9 Å². The van der Waals surface area contributed by atoms with Gasteiger partial charge < -0.3 is 5.11 Å². The molecule has 0 heterocycles. The number of carboxylic acid groups (broad SMARTS) is 1. The predicted octanol–water partition coefficient (Wildman–Crippen LogP) is 2.12. The Morgan fingerprint density at radius 3 is 2.43 bits per heavy atom. The molecule has 1 aliphatic carbocycles. The van der Waals surface area contributed by atoms with E-state index in [9.17, 15) is 13.2 Å². The van der Waals surface area contributed by atoms with Gasteiger partial charge in [0.1, 0.15) is 0 Å². The van der Waals surface area contributed by atoms with Crippen LogP contribution in [0.2, 0.25) is 0 Å². The standard InChI is InChI=1S/C15H17NO4S/c1-2-11-16(13-6-7-13)21(19,20)14-8-3-12(4-9-14)5-10-15(17)18/h2-5,8-10,13H,1,6-7,11H2,(H,17,18)/b10-5+. The number of carbonyl (C=O) groups is 1. The molecule has 1 aromatic carbocycles. The average molecular weight is 307 g/mol. The van der Waals surface area contributed by atoms with E-state index < -0.39 is 16.0 Å².